The first-order valence-electron chi connectivity index (χ1n) is 28.5. The van der Waals surface area contributed by atoms with E-state index in [-0.39, 0.29) is 0 Å². The fraction of sp³-hybridized carbons (Fsp3) is 0. The SMILES string of the molecule is c1ccc(-c2ccc(-n3c4ccccc4c4cc(-c5cc6c7ccccc7n7c8ccc(-c9ccc%10c%11cc(-c%12cc%13c%14ccccc%14n%14c%15ccccc%15c(c%12)c%13%14)cc%12c%13ccccc%13n(c%10c9)c%12%11)cc8c(c5)c67)ccc43)cc2)cc1. The number of fused-ring (bicyclic) bond motifs is 21. The van der Waals surface area contributed by atoms with Gasteiger partial charge in [0.2, 0.25) is 0 Å². The summed E-state index contributed by atoms with van der Waals surface area (Å²) in [7, 11) is 0. The molecule has 0 saturated heterocycles. The van der Waals surface area contributed by atoms with E-state index in [0.717, 1.165) is 5.69 Å². The van der Waals surface area contributed by atoms with Gasteiger partial charge in [0.05, 0.1) is 60.7 Å². The van der Waals surface area contributed by atoms with Gasteiger partial charge in [-0.15, -0.1) is 0 Å². The van der Waals surface area contributed by atoms with Crippen LogP contribution < -0.4 is 0 Å². The van der Waals surface area contributed by atoms with E-state index >= 15 is 0 Å². The van der Waals surface area contributed by atoms with E-state index in [1.807, 2.05) is 0 Å². The van der Waals surface area contributed by atoms with Gasteiger partial charge in [0, 0.05) is 81.1 Å². The molecule has 0 bridgehead atoms. The molecule has 7 heterocycles. The zero-order chi connectivity index (χ0) is 53.1. The molecule has 0 saturated carbocycles. The molecule has 0 aliphatic heterocycles. The van der Waals surface area contributed by atoms with Crippen molar-refractivity contribution < 1.29 is 0 Å². The van der Waals surface area contributed by atoms with E-state index in [1.54, 1.807) is 0 Å². The molecule has 0 N–H and O–H groups in total. The van der Waals surface area contributed by atoms with Crippen molar-refractivity contribution in [3.8, 4) is 50.2 Å². The first-order chi connectivity index (χ1) is 40.7. The minimum atomic E-state index is 1.15. The van der Waals surface area contributed by atoms with Gasteiger partial charge in [-0.1, -0.05) is 158 Å². The van der Waals surface area contributed by atoms with E-state index in [4.69, 9.17) is 0 Å². The van der Waals surface area contributed by atoms with Gasteiger partial charge in [-0.2, -0.15) is 0 Å². The molecule has 376 valence electrons. The Kier molecular flexibility index (Phi) is 8.10. The van der Waals surface area contributed by atoms with Crippen LogP contribution >= 0.6 is 0 Å². The normalized spacial score (nSPS) is 12.6. The summed E-state index contributed by atoms with van der Waals surface area (Å²) in [6.07, 6.45) is 0. The van der Waals surface area contributed by atoms with Gasteiger partial charge in [0.15, 0.2) is 0 Å². The average Bonchev–Trinajstić information content (AvgIpc) is 2.20. The Hall–Kier alpha value is -10.9. The van der Waals surface area contributed by atoms with E-state index in [1.165, 1.54) is 181 Å². The fourth-order valence-corrected chi connectivity index (χ4v) is 15.2. The van der Waals surface area contributed by atoms with Crippen LogP contribution in [0, 0.1) is 0 Å². The van der Waals surface area contributed by atoms with E-state index in [9.17, 15) is 0 Å². The van der Waals surface area contributed by atoms with Crippen LogP contribution in [-0.4, -0.2) is 17.8 Å². The van der Waals surface area contributed by atoms with Crippen molar-refractivity contribution in [2.24, 2.45) is 0 Å². The van der Waals surface area contributed by atoms with Crippen LogP contribution in [0.3, 0.4) is 0 Å². The first-order valence-corrected chi connectivity index (χ1v) is 28.5. The summed E-state index contributed by atoms with van der Waals surface area (Å²) in [6.45, 7) is 0. The van der Waals surface area contributed by atoms with Crippen molar-refractivity contribution in [1.82, 2.24) is 17.8 Å². The lowest BCUT2D eigenvalue weighted by molar-refractivity contribution is 1.18. The molecule has 0 amide bonds. The predicted molar refractivity (Wildman–Crippen MR) is 347 cm³/mol. The molecule has 4 nitrogen and oxygen atoms in total. The van der Waals surface area contributed by atoms with Crippen LogP contribution in [0.1, 0.15) is 0 Å². The number of nitrogens with zero attached hydrogens (tertiary/aromatic N) is 4. The van der Waals surface area contributed by atoms with Gasteiger partial charge in [-0.25, -0.2) is 0 Å². The summed E-state index contributed by atoms with van der Waals surface area (Å²) in [5.74, 6) is 0. The molecule has 0 atom stereocenters. The zero-order valence-corrected chi connectivity index (χ0v) is 44.2. The molecule has 0 aliphatic rings. The molecular weight excluding hydrogens is 993 g/mol. The summed E-state index contributed by atoms with van der Waals surface area (Å²) >= 11 is 0. The van der Waals surface area contributed by atoms with Crippen molar-refractivity contribution in [2.45, 2.75) is 0 Å². The number of rotatable bonds is 5. The lowest BCUT2D eigenvalue weighted by Gasteiger charge is -2.10. The van der Waals surface area contributed by atoms with Gasteiger partial charge in [0.25, 0.3) is 0 Å². The fourth-order valence-electron chi connectivity index (χ4n) is 15.2. The van der Waals surface area contributed by atoms with Gasteiger partial charge >= 0.3 is 0 Å². The molecule has 0 aliphatic carbocycles. The second-order valence-corrected chi connectivity index (χ2v) is 22.8. The van der Waals surface area contributed by atoms with Crippen molar-refractivity contribution in [1.29, 1.82) is 0 Å². The van der Waals surface area contributed by atoms with Crippen LogP contribution in [-0.2, 0) is 0 Å². The maximum atomic E-state index is 2.53. The van der Waals surface area contributed by atoms with Crippen molar-refractivity contribution in [3.05, 3.63) is 267 Å². The molecule has 7 aromatic heterocycles. The molecular formula is C78H44N4. The highest BCUT2D eigenvalue weighted by molar-refractivity contribution is 6.28. The summed E-state index contributed by atoms with van der Waals surface area (Å²) in [5, 5.41) is 17.9. The maximum Gasteiger partial charge on any atom is 0.0620 e. The topological polar surface area (TPSA) is 18.2 Å². The Bertz CT molecular complexity index is 6020. The third kappa shape index (κ3) is 5.51. The predicted octanol–water partition coefficient (Wildman–Crippen LogP) is 20.9. The van der Waals surface area contributed by atoms with Crippen LogP contribution in [0.5, 0.6) is 0 Å². The van der Waals surface area contributed by atoms with E-state index < -0.39 is 0 Å². The second-order valence-electron chi connectivity index (χ2n) is 22.8. The molecule has 0 spiro atoms. The second kappa shape index (κ2) is 15.5. The van der Waals surface area contributed by atoms with E-state index in [2.05, 4.69) is 285 Å². The third-order valence-corrected chi connectivity index (χ3v) is 18.7. The Morgan fingerprint density at radius 1 is 0.159 bits per heavy atom. The van der Waals surface area contributed by atoms with Crippen LogP contribution in [0.2, 0.25) is 0 Å². The van der Waals surface area contributed by atoms with Crippen molar-refractivity contribution in [2.75, 3.05) is 0 Å². The summed E-state index contributed by atoms with van der Waals surface area (Å²) in [6, 6.07) is 100. The third-order valence-electron chi connectivity index (χ3n) is 18.7. The molecule has 20 aromatic rings. The Morgan fingerprint density at radius 3 is 0.963 bits per heavy atom. The lowest BCUT2D eigenvalue weighted by atomic mass is 9.95. The van der Waals surface area contributed by atoms with Gasteiger partial charge in [0.1, 0.15) is 0 Å². The number of hydrogen-bond donors (Lipinski definition) is 0. The number of benzene rings is 13. The summed E-state index contributed by atoms with van der Waals surface area (Å²) in [4.78, 5) is 0. The zero-order valence-electron chi connectivity index (χ0n) is 44.2. The number of aromatic nitrogens is 4. The quantitative estimate of drug-likeness (QED) is 0.164. The highest BCUT2D eigenvalue weighted by atomic mass is 15.0. The van der Waals surface area contributed by atoms with Crippen molar-refractivity contribution >= 4 is 136 Å². The Balaban J connectivity index is 0.757. The summed E-state index contributed by atoms with van der Waals surface area (Å²) in [5.41, 5.74) is 24.6. The largest absolute Gasteiger partial charge is 0.309 e. The Labute approximate surface area is 468 Å². The highest BCUT2D eigenvalue weighted by Gasteiger charge is 2.25. The molecule has 0 radical (unpaired) electrons. The van der Waals surface area contributed by atoms with Gasteiger partial charge in [-0.05, 0) is 154 Å². The molecule has 82 heavy (non-hydrogen) atoms. The number of para-hydroxylation sites is 5. The van der Waals surface area contributed by atoms with Crippen molar-refractivity contribution in [3.63, 3.8) is 0 Å². The smallest absolute Gasteiger partial charge is 0.0620 e. The molecule has 0 fully saturated rings. The Morgan fingerprint density at radius 2 is 0.451 bits per heavy atom. The van der Waals surface area contributed by atoms with E-state index in [0.29, 0.717) is 0 Å². The summed E-state index contributed by atoms with van der Waals surface area (Å²) < 4.78 is 9.92. The highest BCUT2D eigenvalue weighted by Crippen LogP contribution is 2.48. The van der Waals surface area contributed by atoms with Crippen LogP contribution in [0.25, 0.3) is 186 Å². The molecule has 4 heteroatoms. The van der Waals surface area contributed by atoms with Crippen LogP contribution in [0.15, 0.2) is 267 Å². The molecule has 13 aromatic carbocycles. The minimum absolute atomic E-state index is 1.15. The lowest BCUT2D eigenvalue weighted by Crippen LogP contribution is -1.93. The minimum Gasteiger partial charge on any atom is -0.309 e. The molecule has 20 rings (SSSR count). The maximum absolute atomic E-state index is 2.53. The van der Waals surface area contributed by atoms with Gasteiger partial charge in [-0.3, -0.25) is 0 Å². The number of hydrogen-bond acceptors (Lipinski definition) is 0. The molecule has 0 unspecified atom stereocenters. The standard InChI is InChI=1S/C78H44N4/c1-2-14-45(15-3-1)46-26-31-53(32-27-46)79-68-21-9-4-16-54(68)60-37-48(30-34-73(60)79)50-38-62-55-17-7-12-24-71(55)81-74-35-29-47(36-61(74)67(39-50)78(62)81)49-28-33-59-66-43-52(42-65-58-20-8-13-25-72(58)82(77(65)66)75(59)44-49)51-40-63-56-18-5-10-22-69(56)80-70-23-11-6-19-57(70)64(41-51)76(63)80/h1-44H. The monoisotopic (exact) mass is 1040 g/mol. The first kappa shape index (κ1) is 43.0. The van der Waals surface area contributed by atoms with Crippen LogP contribution in [0.4, 0.5) is 0 Å². The van der Waals surface area contributed by atoms with Gasteiger partial charge < -0.3 is 17.8 Å². The average molecular weight is 1040 g/mol.